The summed E-state index contributed by atoms with van der Waals surface area (Å²) in [4.78, 5) is 14.3. The molecule has 5 nitrogen and oxygen atoms in total. The van der Waals surface area contributed by atoms with Crippen LogP contribution in [0, 0.1) is 13.0 Å². The first-order valence-electron chi connectivity index (χ1n) is 7.32. The molecule has 0 saturated heterocycles. The van der Waals surface area contributed by atoms with E-state index < -0.39 is 0 Å². The molecule has 0 amide bonds. The van der Waals surface area contributed by atoms with E-state index in [2.05, 4.69) is 11.1 Å². The fourth-order valence-electron chi connectivity index (χ4n) is 1.91. The van der Waals surface area contributed by atoms with Gasteiger partial charge < -0.3 is 19.6 Å². The van der Waals surface area contributed by atoms with E-state index in [1.807, 2.05) is 31.2 Å². The molecule has 0 bridgehead atoms. The molecule has 2 rings (SSSR count). The number of aliphatic hydroxyl groups is 1. The number of benzene rings is 1. The van der Waals surface area contributed by atoms with Gasteiger partial charge in [-0.15, -0.1) is 23.8 Å². The van der Waals surface area contributed by atoms with Gasteiger partial charge in [0.05, 0.1) is 20.0 Å². The van der Waals surface area contributed by atoms with Crippen molar-refractivity contribution in [3.05, 3.63) is 53.9 Å². The number of aromatic nitrogens is 1. The van der Waals surface area contributed by atoms with Crippen LogP contribution in [-0.4, -0.2) is 30.1 Å². The summed E-state index contributed by atoms with van der Waals surface area (Å²) < 4.78 is 10.5. The van der Waals surface area contributed by atoms with Crippen molar-refractivity contribution in [1.82, 2.24) is 4.98 Å². The zero-order valence-corrected chi connectivity index (χ0v) is 17.3. The van der Waals surface area contributed by atoms with Crippen molar-refractivity contribution in [3.8, 4) is 22.8 Å². The zero-order chi connectivity index (χ0) is 18.1. The molecule has 1 aromatic heterocycles. The average Bonchev–Trinajstić information content (AvgIpc) is 2.54. The molecule has 0 aliphatic rings. The van der Waals surface area contributed by atoms with Crippen molar-refractivity contribution in [1.29, 1.82) is 0 Å². The van der Waals surface area contributed by atoms with Crippen molar-refractivity contribution in [3.63, 3.8) is 0 Å². The number of rotatable bonds is 4. The van der Waals surface area contributed by atoms with Crippen LogP contribution in [0.5, 0.6) is 11.5 Å². The molecule has 0 aliphatic heterocycles. The Labute approximate surface area is 162 Å². The van der Waals surface area contributed by atoms with Crippen LogP contribution < -0.4 is 9.47 Å². The molecular weight excluding hydrogens is 498 g/mol. The summed E-state index contributed by atoms with van der Waals surface area (Å²) in [5.74, 6) is 1.48. The molecule has 1 N–H and O–H groups in total. The van der Waals surface area contributed by atoms with Crippen molar-refractivity contribution in [2.45, 2.75) is 20.8 Å². The molecule has 137 valence electrons. The van der Waals surface area contributed by atoms with Gasteiger partial charge >= 0.3 is 0 Å². The molecule has 1 radical (unpaired) electrons. The van der Waals surface area contributed by atoms with E-state index in [1.165, 1.54) is 19.9 Å². The van der Waals surface area contributed by atoms with Gasteiger partial charge in [0, 0.05) is 38.1 Å². The summed E-state index contributed by atoms with van der Waals surface area (Å²) in [6, 6.07) is 10.7. The number of carbonyl (C=O) groups is 1. The summed E-state index contributed by atoms with van der Waals surface area (Å²) in [5.41, 5.74) is 2.74. The number of pyridine rings is 1. The standard InChI is InChI=1S/C14H14NO2.C5H8O2.Ir/c1-10-4-5-12(14(8-10)17-3)13-9-11(16-2)6-7-15-13;1-4(6)3-5(2)7;/h4,6-9H,1-3H3;3,6H,1-2H3;/q-1;;/b;4-3-;. The van der Waals surface area contributed by atoms with E-state index in [0.717, 1.165) is 28.3 Å². The summed E-state index contributed by atoms with van der Waals surface area (Å²) in [5, 5.41) is 8.36. The Bertz CT molecular complexity index is 725. The van der Waals surface area contributed by atoms with Crippen LogP contribution in [-0.2, 0) is 24.9 Å². The number of ether oxygens (including phenoxy) is 2. The largest absolute Gasteiger partial charge is 0.540 e. The maximum Gasteiger partial charge on any atom is 0.155 e. The van der Waals surface area contributed by atoms with Gasteiger partial charge in [0.15, 0.2) is 5.78 Å². The Morgan fingerprint density at radius 1 is 1.24 bits per heavy atom. The minimum atomic E-state index is -0.125. The van der Waals surface area contributed by atoms with E-state index in [1.54, 1.807) is 20.4 Å². The first kappa shape index (κ1) is 22.8. The van der Waals surface area contributed by atoms with Crippen molar-refractivity contribution in [2.75, 3.05) is 14.2 Å². The molecule has 0 atom stereocenters. The third kappa shape index (κ3) is 7.96. The van der Waals surface area contributed by atoms with Gasteiger partial charge in [0.1, 0.15) is 5.75 Å². The molecule has 6 heteroatoms. The summed E-state index contributed by atoms with van der Waals surface area (Å²) in [6.45, 7) is 4.85. The SMILES string of the molecule is CC(=O)/C=C(/C)O.COc1ccnc(-c2[c-]cc(C)cc2OC)c1.[Ir]. The number of aryl methyl sites for hydroxylation is 1. The van der Waals surface area contributed by atoms with Gasteiger partial charge in [0.25, 0.3) is 0 Å². The molecule has 1 heterocycles. The number of hydrogen-bond donors (Lipinski definition) is 1. The van der Waals surface area contributed by atoms with E-state index in [0.29, 0.717) is 0 Å². The summed E-state index contributed by atoms with van der Waals surface area (Å²) in [6.07, 6.45) is 2.88. The minimum Gasteiger partial charge on any atom is -0.540 e. The third-order valence-corrected chi connectivity index (χ3v) is 2.90. The van der Waals surface area contributed by atoms with Gasteiger partial charge in [-0.3, -0.25) is 4.79 Å². The Kier molecular flexibility index (Phi) is 10.4. The predicted octanol–water partition coefficient (Wildman–Crippen LogP) is 3.91. The molecule has 0 unspecified atom stereocenters. The summed E-state index contributed by atoms with van der Waals surface area (Å²) >= 11 is 0. The molecule has 0 fully saturated rings. The van der Waals surface area contributed by atoms with Gasteiger partial charge in [-0.05, 0) is 31.7 Å². The number of aliphatic hydroxyl groups excluding tert-OH is 1. The molecule has 2 aromatic rings. The number of methoxy groups -OCH3 is 2. The Morgan fingerprint density at radius 2 is 1.92 bits per heavy atom. The Morgan fingerprint density at radius 3 is 2.40 bits per heavy atom. The van der Waals surface area contributed by atoms with Gasteiger partial charge in [-0.25, -0.2) is 0 Å². The van der Waals surface area contributed by atoms with Crippen molar-refractivity contribution in [2.24, 2.45) is 0 Å². The van der Waals surface area contributed by atoms with E-state index in [4.69, 9.17) is 14.6 Å². The average molecular weight is 521 g/mol. The topological polar surface area (TPSA) is 68.7 Å². The number of ketones is 1. The molecule has 1 aromatic carbocycles. The Hall–Kier alpha value is -2.17. The molecule has 0 spiro atoms. The van der Waals surface area contributed by atoms with E-state index in [-0.39, 0.29) is 31.6 Å². The maximum atomic E-state index is 10.0. The van der Waals surface area contributed by atoms with Crippen LogP contribution >= 0.6 is 0 Å². The zero-order valence-electron chi connectivity index (χ0n) is 14.9. The second-order valence-corrected chi connectivity index (χ2v) is 5.10. The molecule has 0 saturated carbocycles. The predicted molar refractivity (Wildman–Crippen MR) is 93.4 cm³/mol. The second-order valence-electron chi connectivity index (χ2n) is 5.10. The fourth-order valence-corrected chi connectivity index (χ4v) is 1.91. The number of carbonyl (C=O) groups excluding carboxylic acids is 1. The van der Waals surface area contributed by atoms with Crippen molar-refractivity contribution >= 4 is 5.78 Å². The molecular formula is C19H22IrNO4-. The number of nitrogens with zero attached hydrogens (tertiary/aromatic N) is 1. The maximum absolute atomic E-state index is 10.0. The third-order valence-electron chi connectivity index (χ3n) is 2.90. The normalized spacial score (nSPS) is 10.0. The summed E-state index contributed by atoms with van der Waals surface area (Å²) in [7, 11) is 3.28. The van der Waals surface area contributed by atoms with Crippen LogP contribution in [0.2, 0.25) is 0 Å². The fraction of sp³-hybridized carbons (Fsp3) is 0.263. The van der Waals surface area contributed by atoms with Crippen LogP contribution in [0.15, 0.2) is 42.3 Å². The Balaban J connectivity index is 0.000000620. The van der Waals surface area contributed by atoms with E-state index in [9.17, 15) is 4.79 Å². The van der Waals surface area contributed by atoms with E-state index >= 15 is 0 Å². The number of hydrogen-bond acceptors (Lipinski definition) is 5. The quantitative estimate of drug-likeness (QED) is 0.376. The number of allylic oxidation sites excluding steroid dienone is 2. The monoisotopic (exact) mass is 521 g/mol. The van der Waals surface area contributed by atoms with Crippen LogP contribution in [0.4, 0.5) is 0 Å². The van der Waals surface area contributed by atoms with Gasteiger partial charge in [-0.1, -0.05) is 12.5 Å². The smallest absolute Gasteiger partial charge is 0.155 e. The van der Waals surface area contributed by atoms with Crippen LogP contribution in [0.1, 0.15) is 19.4 Å². The van der Waals surface area contributed by atoms with Crippen molar-refractivity contribution < 1.29 is 39.5 Å². The van der Waals surface area contributed by atoms with Gasteiger partial charge in [0.2, 0.25) is 0 Å². The first-order valence-corrected chi connectivity index (χ1v) is 7.32. The molecule has 25 heavy (non-hydrogen) atoms. The van der Waals surface area contributed by atoms with Gasteiger partial charge in [-0.2, -0.15) is 0 Å². The van der Waals surface area contributed by atoms with Crippen LogP contribution in [0.3, 0.4) is 0 Å². The second kappa shape index (κ2) is 11.4. The van der Waals surface area contributed by atoms with Crippen LogP contribution in [0.25, 0.3) is 11.3 Å². The minimum absolute atomic E-state index is 0. The molecule has 0 aliphatic carbocycles. The first-order chi connectivity index (χ1) is 11.4.